The zero-order chi connectivity index (χ0) is 29.3. The number of carboxylic acid groups (broad SMARTS) is 1. The van der Waals surface area contributed by atoms with E-state index in [-0.39, 0.29) is 0 Å². The summed E-state index contributed by atoms with van der Waals surface area (Å²) in [5, 5.41) is 10.9. The molecule has 2 fully saturated rings. The number of nitrogens with zero attached hydrogens (tertiary/aromatic N) is 3. The van der Waals surface area contributed by atoms with Crippen LogP contribution in [0.4, 0.5) is 5.69 Å². The van der Waals surface area contributed by atoms with Gasteiger partial charge in [0.1, 0.15) is 19.0 Å². The number of aryl methyl sites for hydroxylation is 1. The van der Waals surface area contributed by atoms with Gasteiger partial charge in [0.05, 0.1) is 18.9 Å². The first-order valence-electron chi connectivity index (χ1n) is 14.7. The fourth-order valence-electron chi connectivity index (χ4n) is 5.16. The van der Waals surface area contributed by atoms with E-state index in [2.05, 4.69) is 90.4 Å². The van der Waals surface area contributed by atoms with Crippen LogP contribution in [0.5, 0.6) is 0 Å². The molecule has 40 heavy (non-hydrogen) atoms. The maximum Gasteiger partial charge on any atom is 0.300 e. The van der Waals surface area contributed by atoms with E-state index >= 15 is 0 Å². The summed E-state index contributed by atoms with van der Waals surface area (Å²) in [6.45, 7) is 11.0. The Hall–Kier alpha value is -2.97. The van der Waals surface area contributed by atoms with Crippen LogP contribution >= 0.6 is 0 Å². The fraction of sp³-hybridized carbons (Fsp3) is 0.594. The number of carboxylic acids is 1. The van der Waals surface area contributed by atoms with Gasteiger partial charge in [0.2, 0.25) is 0 Å². The van der Waals surface area contributed by atoms with Crippen LogP contribution in [0.25, 0.3) is 0 Å². The molecule has 0 spiro atoms. The monoisotopic (exact) mass is 555 g/mol. The van der Waals surface area contributed by atoms with Crippen LogP contribution < -0.4 is 14.8 Å². The predicted octanol–water partition coefficient (Wildman–Crippen LogP) is 4.27. The van der Waals surface area contributed by atoms with Crippen molar-refractivity contribution in [1.29, 1.82) is 0 Å². The molecule has 2 atom stereocenters. The van der Waals surface area contributed by atoms with E-state index < -0.39 is 5.97 Å². The highest BCUT2D eigenvalue weighted by molar-refractivity contribution is 5.63. The van der Waals surface area contributed by atoms with E-state index in [1.165, 1.54) is 29.7 Å². The number of rotatable bonds is 11. The second kappa shape index (κ2) is 18.4. The number of fused-ring (bicyclic) bond motifs is 2. The van der Waals surface area contributed by atoms with Crippen molar-refractivity contribution in [2.24, 2.45) is 13.0 Å². The van der Waals surface area contributed by atoms with Gasteiger partial charge in [0, 0.05) is 58.6 Å². The summed E-state index contributed by atoms with van der Waals surface area (Å²) in [5.74, 6) is 0.786. The number of carbonyl (C=O) groups excluding carboxylic acids is 1. The second-order valence-corrected chi connectivity index (χ2v) is 10.8. The largest absolute Gasteiger partial charge is 0.497 e. The first kappa shape index (κ1) is 33.2. The van der Waals surface area contributed by atoms with Crippen molar-refractivity contribution in [2.45, 2.75) is 65.3 Å². The van der Waals surface area contributed by atoms with Crippen LogP contribution in [0, 0.1) is 5.92 Å². The molecule has 8 nitrogen and oxygen atoms in total. The van der Waals surface area contributed by atoms with Crippen molar-refractivity contribution >= 4 is 17.9 Å². The molecular formula is C32H51N4O4+. The highest BCUT2D eigenvalue weighted by Gasteiger charge is 2.33. The molecule has 0 aromatic carbocycles. The summed E-state index contributed by atoms with van der Waals surface area (Å²) in [6, 6.07) is 4.69. The van der Waals surface area contributed by atoms with Gasteiger partial charge in [0.15, 0.2) is 12.4 Å². The lowest BCUT2D eigenvalue weighted by Crippen LogP contribution is -2.39. The van der Waals surface area contributed by atoms with Gasteiger partial charge >= 0.3 is 0 Å². The maximum absolute atomic E-state index is 11.0. The molecule has 8 heteroatoms. The molecule has 1 aromatic rings. The number of likely N-dealkylation sites (tertiary alicyclic amines) is 1. The van der Waals surface area contributed by atoms with Crippen molar-refractivity contribution in [1.82, 2.24) is 10.2 Å². The number of unbranched alkanes of at least 4 members (excludes halogenated alkanes) is 1. The van der Waals surface area contributed by atoms with Crippen molar-refractivity contribution in [3.05, 3.63) is 59.7 Å². The lowest BCUT2D eigenvalue weighted by Gasteiger charge is -2.22. The predicted molar refractivity (Wildman–Crippen MR) is 161 cm³/mol. The third-order valence-electron chi connectivity index (χ3n) is 7.27. The molecule has 3 aliphatic rings. The van der Waals surface area contributed by atoms with E-state index in [0.717, 1.165) is 77.4 Å². The number of allylic oxidation sites excluding steroid dienone is 4. The summed E-state index contributed by atoms with van der Waals surface area (Å²) in [7, 11) is 4.20. The van der Waals surface area contributed by atoms with Gasteiger partial charge in [-0.1, -0.05) is 38.0 Å². The average Bonchev–Trinajstić information content (AvgIpc) is 3.25. The number of aldehydes is 1. The van der Waals surface area contributed by atoms with Crippen LogP contribution in [-0.4, -0.2) is 74.7 Å². The molecule has 0 radical (unpaired) electrons. The minimum Gasteiger partial charge on any atom is -0.497 e. The molecule has 2 saturated heterocycles. The first-order valence-corrected chi connectivity index (χ1v) is 14.7. The molecule has 2 aliphatic heterocycles. The molecule has 0 amide bonds. The zero-order valence-corrected chi connectivity index (χ0v) is 25.3. The second-order valence-electron chi connectivity index (χ2n) is 10.8. The minimum atomic E-state index is -0.833. The van der Waals surface area contributed by atoms with Gasteiger partial charge < -0.3 is 24.9 Å². The highest BCUT2D eigenvalue weighted by atomic mass is 16.5. The van der Waals surface area contributed by atoms with E-state index in [9.17, 15) is 4.79 Å². The zero-order valence-electron chi connectivity index (χ0n) is 25.3. The number of carbonyl (C=O) groups is 2. The topological polar surface area (TPSA) is 86.0 Å². The maximum atomic E-state index is 11.0. The number of hydrogen-bond acceptors (Lipinski definition) is 6. The number of ether oxygens (including phenoxy) is 1. The van der Waals surface area contributed by atoms with Gasteiger partial charge in [-0.25, -0.2) is 4.57 Å². The Kier molecular flexibility index (Phi) is 15.3. The molecule has 2 N–H and O–H groups in total. The Balaban J connectivity index is 0.000000278. The molecule has 0 saturated carbocycles. The fourth-order valence-corrected chi connectivity index (χ4v) is 5.16. The Morgan fingerprint density at radius 1 is 1.30 bits per heavy atom. The van der Waals surface area contributed by atoms with E-state index in [0.29, 0.717) is 18.5 Å². The number of anilines is 1. The van der Waals surface area contributed by atoms with Crippen molar-refractivity contribution in [2.75, 3.05) is 51.3 Å². The van der Waals surface area contributed by atoms with Gasteiger partial charge in [-0.2, -0.15) is 0 Å². The molecule has 3 heterocycles. The first-order chi connectivity index (χ1) is 19.3. The van der Waals surface area contributed by atoms with Crippen LogP contribution in [-0.2, 0) is 21.4 Å². The number of aliphatic carboxylic acids is 1. The van der Waals surface area contributed by atoms with Crippen LogP contribution in [0.3, 0.4) is 0 Å². The number of aromatic nitrogens is 1. The Morgan fingerprint density at radius 2 is 2.08 bits per heavy atom. The number of hydrogen-bond donors (Lipinski definition) is 2. The van der Waals surface area contributed by atoms with Crippen molar-refractivity contribution in [3.8, 4) is 0 Å². The smallest absolute Gasteiger partial charge is 0.300 e. The van der Waals surface area contributed by atoms with Crippen LogP contribution in [0.1, 0.15) is 59.3 Å². The summed E-state index contributed by atoms with van der Waals surface area (Å²) in [5.41, 5.74) is 4.19. The van der Waals surface area contributed by atoms with E-state index in [1.807, 2.05) is 0 Å². The summed E-state index contributed by atoms with van der Waals surface area (Å²) in [4.78, 5) is 24.6. The SMILES string of the molecule is CC(=O)O.CCCCN(C)c1ccc[n+](C)c1.CCCNCC1CC(C2=CC=C3CC(=C2)CCO3)CN1CC=O. The minimum absolute atomic E-state index is 0.461. The molecule has 2 bridgehead atoms. The third kappa shape index (κ3) is 12.0. The quantitative estimate of drug-likeness (QED) is 0.240. The van der Waals surface area contributed by atoms with Gasteiger partial charge in [-0.3, -0.25) is 9.69 Å². The third-order valence-corrected chi connectivity index (χ3v) is 7.27. The Morgan fingerprint density at radius 3 is 2.75 bits per heavy atom. The lowest BCUT2D eigenvalue weighted by atomic mass is 9.93. The Labute approximate surface area is 241 Å². The average molecular weight is 556 g/mol. The van der Waals surface area contributed by atoms with Crippen LogP contribution in [0.15, 0.2) is 59.7 Å². The van der Waals surface area contributed by atoms with Gasteiger partial charge in [-0.05, 0) is 49.4 Å². The standard InChI is InChI=1S/C19H28N2O2.C11H19N2.C2H4O2/c1-2-6-20-13-18-12-17(14-21(18)7-8-22)16-3-4-19-11-15(10-16)5-9-23-19;1-4-5-9-13(3)11-7-6-8-12(2)10-11;1-2(3)4/h3-4,8,10,17-18,20H,2,5-7,9,11-14H2,1H3;6-8,10H,4-5,9H2,1-3H3;1H3,(H,3,4)/q;+1;. The summed E-state index contributed by atoms with van der Waals surface area (Å²) >= 11 is 0. The highest BCUT2D eigenvalue weighted by Crippen LogP contribution is 2.34. The molecule has 222 valence electrons. The van der Waals surface area contributed by atoms with Crippen molar-refractivity contribution in [3.63, 3.8) is 0 Å². The molecule has 1 aliphatic carbocycles. The summed E-state index contributed by atoms with van der Waals surface area (Å²) in [6.07, 6.45) is 18.8. The lowest BCUT2D eigenvalue weighted by molar-refractivity contribution is -0.670. The number of pyridine rings is 1. The molecule has 4 rings (SSSR count). The summed E-state index contributed by atoms with van der Waals surface area (Å²) < 4.78 is 7.78. The Bertz CT molecular complexity index is 1020. The molecule has 1 aromatic heterocycles. The van der Waals surface area contributed by atoms with Crippen LogP contribution in [0.2, 0.25) is 0 Å². The van der Waals surface area contributed by atoms with Gasteiger partial charge in [0.25, 0.3) is 5.97 Å². The van der Waals surface area contributed by atoms with Gasteiger partial charge in [-0.15, -0.1) is 0 Å². The normalized spacial score (nSPS) is 19.8. The van der Waals surface area contributed by atoms with E-state index in [4.69, 9.17) is 14.6 Å². The molecular weight excluding hydrogens is 504 g/mol. The number of nitrogens with one attached hydrogen (secondary N) is 1. The molecule has 2 unspecified atom stereocenters. The van der Waals surface area contributed by atoms with E-state index in [1.54, 1.807) is 0 Å². The van der Waals surface area contributed by atoms with Crippen molar-refractivity contribution < 1.29 is 24.0 Å².